The molecule has 0 aromatic carbocycles. The number of carboxylic acid groups (broad SMARTS) is 1. The van der Waals surface area contributed by atoms with Crippen molar-refractivity contribution in [1.29, 1.82) is 0 Å². The average Bonchev–Trinajstić information content (AvgIpc) is 2.77. The monoisotopic (exact) mass is 295 g/mol. The molecule has 1 aliphatic heterocycles. The molecule has 0 aromatic rings. The molecule has 20 heavy (non-hydrogen) atoms. The van der Waals surface area contributed by atoms with Gasteiger partial charge in [0.15, 0.2) is 0 Å². The fourth-order valence-electron chi connectivity index (χ4n) is 2.82. The second-order valence-corrected chi connectivity index (χ2v) is 6.20. The summed E-state index contributed by atoms with van der Waals surface area (Å²) < 4.78 is 43.2. The number of ether oxygens (including phenoxy) is 1. The third-order valence-corrected chi connectivity index (χ3v) is 3.55. The van der Waals surface area contributed by atoms with Crippen LogP contribution in [0.1, 0.15) is 27.2 Å². The van der Waals surface area contributed by atoms with E-state index in [1.54, 1.807) is 20.8 Å². The van der Waals surface area contributed by atoms with E-state index in [9.17, 15) is 22.8 Å². The minimum absolute atomic E-state index is 0.177. The highest BCUT2D eigenvalue weighted by Gasteiger charge is 2.73. The zero-order valence-electron chi connectivity index (χ0n) is 11.3. The van der Waals surface area contributed by atoms with Crippen molar-refractivity contribution in [3.8, 4) is 0 Å². The van der Waals surface area contributed by atoms with E-state index in [0.717, 1.165) is 4.90 Å². The van der Waals surface area contributed by atoms with Crippen molar-refractivity contribution in [1.82, 2.24) is 4.90 Å². The molecule has 0 bridgehead atoms. The number of hydrogen-bond donors (Lipinski definition) is 1. The van der Waals surface area contributed by atoms with Crippen LogP contribution in [0.25, 0.3) is 0 Å². The van der Waals surface area contributed by atoms with Crippen molar-refractivity contribution in [3.05, 3.63) is 0 Å². The number of aliphatic carboxylic acids is 1. The van der Waals surface area contributed by atoms with Crippen LogP contribution < -0.4 is 0 Å². The third-order valence-electron chi connectivity index (χ3n) is 3.55. The predicted octanol–water partition coefficient (Wildman–Crippen LogP) is 2.26. The lowest BCUT2D eigenvalue weighted by Crippen LogP contribution is -2.47. The number of carbonyl (C=O) groups excluding carboxylic acids is 1. The Balaban J connectivity index is 2.18. The van der Waals surface area contributed by atoms with Gasteiger partial charge in [0.2, 0.25) is 0 Å². The molecule has 2 aliphatic rings. The van der Waals surface area contributed by atoms with E-state index in [-0.39, 0.29) is 6.42 Å². The van der Waals surface area contributed by atoms with Crippen molar-refractivity contribution in [2.24, 2.45) is 11.8 Å². The first-order valence-corrected chi connectivity index (χ1v) is 6.24. The highest BCUT2D eigenvalue weighted by atomic mass is 19.4. The Kier molecular flexibility index (Phi) is 3.18. The number of rotatable bonds is 1. The molecule has 1 saturated heterocycles. The Morgan fingerprint density at radius 3 is 2.20 bits per heavy atom. The van der Waals surface area contributed by atoms with Crippen molar-refractivity contribution < 1.29 is 32.6 Å². The summed E-state index contributed by atoms with van der Waals surface area (Å²) in [5.41, 5.74) is -0.888. The molecule has 114 valence electrons. The van der Waals surface area contributed by atoms with Gasteiger partial charge in [0.25, 0.3) is 0 Å². The van der Waals surface area contributed by atoms with Crippen LogP contribution in [0, 0.1) is 11.8 Å². The molecule has 1 amide bonds. The second kappa shape index (κ2) is 4.26. The largest absolute Gasteiger partial charge is 0.480 e. The normalized spacial score (nSPS) is 32.8. The van der Waals surface area contributed by atoms with Crippen LogP contribution in [0.15, 0.2) is 0 Å². The number of carbonyl (C=O) groups is 2. The number of alkyl halides is 3. The summed E-state index contributed by atoms with van der Waals surface area (Å²) in [5.74, 6) is -3.77. The Morgan fingerprint density at radius 1 is 1.25 bits per heavy atom. The van der Waals surface area contributed by atoms with Crippen molar-refractivity contribution in [2.45, 2.75) is 51.1 Å². The zero-order valence-corrected chi connectivity index (χ0v) is 11.3. The fourth-order valence-corrected chi connectivity index (χ4v) is 2.82. The van der Waals surface area contributed by atoms with Gasteiger partial charge >= 0.3 is 18.2 Å². The summed E-state index contributed by atoms with van der Waals surface area (Å²) in [6.45, 7) is 4.72. The van der Waals surface area contributed by atoms with E-state index < -0.39 is 47.8 Å². The van der Waals surface area contributed by atoms with Gasteiger partial charge in [-0.2, -0.15) is 13.2 Å². The quantitative estimate of drug-likeness (QED) is 0.805. The Hall–Kier alpha value is -1.47. The van der Waals surface area contributed by atoms with E-state index in [1.807, 2.05) is 0 Å². The lowest BCUT2D eigenvalue weighted by molar-refractivity contribution is -0.162. The standard InChI is InChI=1S/C12H16F3NO4/c1-11(2,3)20-10(19)16-6(9(17)18)4-5-7(8(5)16)12(13,14)15/h5-8H,4H2,1-3H3,(H,17,18)/t5-,6-,7-,8+/m0/s1. The summed E-state index contributed by atoms with van der Waals surface area (Å²) in [7, 11) is 0. The predicted molar refractivity (Wildman–Crippen MR) is 60.9 cm³/mol. The highest BCUT2D eigenvalue weighted by Crippen LogP contribution is 2.60. The highest BCUT2D eigenvalue weighted by molar-refractivity contribution is 5.82. The summed E-state index contributed by atoms with van der Waals surface area (Å²) in [5, 5.41) is 9.03. The Bertz CT molecular complexity index is 443. The van der Waals surface area contributed by atoms with Crippen LogP contribution in [-0.2, 0) is 9.53 Å². The molecule has 2 rings (SSSR count). The average molecular weight is 295 g/mol. The van der Waals surface area contributed by atoms with Gasteiger partial charge in [-0.05, 0) is 33.1 Å². The number of hydrogen-bond acceptors (Lipinski definition) is 3. The maximum absolute atomic E-state index is 12.7. The van der Waals surface area contributed by atoms with Crippen LogP contribution in [0.4, 0.5) is 18.0 Å². The number of amides is 1. The van der Waals surface area contributed by atoms with Gasteiger partial charge < -0.3 is 9.84 Å². The first-order valence-electron chi connectivity index (χ1n) is 6.24. The smallest absolute Gasteiger partial charge is 0.411 e. The van der Waals surface area contributed by atoms with Gasteiger partial charge in [-0.1, -0.05) is 0 Å². The van der Waals surface area contributed by atoms with Crippen LogP contribution in [0.2, 0.25) is 0 Å². The Labute approximate surface area is 113 Å². The zero-order chi connectivity index (χ0) is 15.5. The summed E-state index contributed by atoms with van der Waals surface area (Å²) in [6, 6.07) is -2.34. The topological polar surface area (TPSA) is 66.8 Å². The third kappa shape index (κ3) is 2.55. The second-order valence-electron chi connectivity index (χ2n) is 6.20. The molecular formula is C12H16F3NO4. The Morgan fingerprint density at radius 2 is 1.80 bits per heavy atom. The van der Waals surface area contributed by atoms with Crippen molar-refractivity contribution in [2.75, 3.05) is 0 Å². The molecule has 1 N–H and O–H groups in total. The van der Waals surface area contributed by atoms with Crippen molar-refractivity contribution >= 4 is 12.1 Å². The fraction of sp³-hybridized carbons (Fsp3) is 0.833. The van der Waals surface area contributed by atoms with E-state index in [0.29, 0.717) is 0 Å². The maximum Gasteiger partial charge on any atom is 0.411 e. The molecule has 1 heterocycles. The van der Waals surface area contributed by atoms with E-state index in [1.165, 1.54) is 0 Å². The van der Waals surface area contributed by atoms with Gasteiger partial charge in [0, 0.05) is 0 Å². The number of piperidine rings is 1. The molecule has 4 atom stereocenters. The molecule has 2 fully saturated rings. The summed E-state index contributed by atoms with van der Waals surface area (Å²) >= 11 is 0. The van der Waals surface area contributed by atoms with Gasteiger partial charge in [-0.15, -0.1) is 0 Å². The van der Waals surface area contributed by atoms with Gasteiger partial charge in [-0.25, -0.2) is 9.59 Å². The SMILES string of the molecule is CC(C)(C)OC(=O)N1[C@@H]2[C@@H](C[C@H]1C(=O)O)[C@@H]2C(F)(F)F. The lowest BCUT2D eigenvalue weighted by atomic mass is 10.1. The number of fused-ring (bicyclic) bond motifs is 1. The van der Waals surface area contributed by atoms with Crippen LogP contribution >= 0.6 is 0 Å². The molecule has 1 aliphatic carbocycles. The van der Waals surface area contributed by atoms with Gasteiger partial charge in [-0.3, -0.25) is 4.90 Å². The van der Waals surface area contributed by atoms with E-state index in [4.69, 9.17) is 9.84 Å². The number of halogens is 3. The molecule has 0 radical (unpaired) electrons. The summed E-state index contributed by atoms with van der Waals surface area (Å²) in [4.78, 5) is 23.8. The van der Waals surface area contributed by atoms with Crippen LogP contribution in [-0.4, -0.2) is 45.9 Å². The number of likely N-dealkylation sites (tertiary alicyclic amines) is 1. The van der Waals surface area contributed by atoms with E-state index in [2.05, 4.69) is 0 Å². The molecule has 0 aromatic heterocycles. The minimum atomic E-state index is -4.42. The molecule has 0 unspecified atom stereocenters. The number of carboxylic acids is 1. The lowest BCUT2D eigenvalue weighted by Gasteiger charge is -2.29. The van der Waals surface area contributed by atoms with Gasteiger partial charge in [0.05, 0.1) is 12.0 Å². The molecule has 5 nitrogen and oxygen atoms in total. The molecule has 8 heteroatoms. The number of nitrogens with zero attached hydrogens (tertiary/aromatic N) is 1. The van der Waals surface area contributed by atoms with E-state index >= 15 is 0 Å². The van der Waals surface area contributed by atoms with Crippen LogP contribution in [0.5, 0.6) is 0 Å². The molecule has 1 saturated carbocycles. The summed E-state index contributed by atoms with van der Waals surface area (Å²) in [6.07, 6.45) is -5.59. The molecule has 0 spiro atoms. The maximum atomic E-state index is 12.7. The molecular weight excluding hydrogens is 279 g/mol. The van der Waals surface area contributed by atoms with Crippen LogP contribution in [0.3, 0.4) is 0 Å². The van der Waals surface area contributed by atoms with Gasteiger partial charge in [0.1, 0.15) is 11.6 Å². The first-order chi connectivity index (χ1) is 8.93. The van der Waals surface area contributed by atoms with Crippen molar-refractivity contribution in [3.63, 3.8) is 0 Å². The first kappa shape index (κ1) is 14.9. The minimum Gasteiger partial charge on any atom is -0.480 e.